The van der Waals surface area contributed by atoms with E-state index in [2.05, 4.69) is 15.5 Å². The van der Waals surface area contributed by atoms with E-state index in [-0.39, 0.29) is 18.6 Å². The van der Waals surface area contributed by atoms with E-state index in [1.807, 2.05) is 0 Å². The number of hydrogen-bond donors (Lipinski definition) is 2. The zero-order valence-corrected chi connectivity index (χ0v) is 14.4. The number of amides is 1. The average Bonchev–Trinajstić information content (AvgIpc) is 3.21. The number of aromatic nitrogens is 2. The molecule has 2 aromatic rings. The van der Waals surface area contributed by atoms with Gasteiger partial charge in [-0.15, -0.1) is 0 Å². The Morgan fingerprint density at radius 3 is 2.73 bits per heavy atom. The molecule has 0 bridgehead atoms. The fourth-order valence-corrected chi connectivity index (χ4v) is 2.90. The number of carbonyl (C=O) groups is 1. The van der Waals surface area contributed by atoms with Gasteiger partial charge in [0.15, 0.2) is 6.61 Å². The summed E-state index contributed by atoms with van der Waals surface area (Å²) in [6.45, 7) is 0.691. The summed E-state index contributed by atoms with van der Waals surface area (Å²) in [5, 5.41) is 6.77. The summed E-state index contributed by atoms with van der Waals surface area (Å²) in [5.41, 5.74) is 6.26. The molecule has 1 aromatic heterocycles. The van der Waals surface area contributed by atoms with Crippen LogP contribution in [-0.2, 0) is 16.1 Å². The Labute approximate surface area is 151 Å². The summed E-state index contributed by atoms with van der Waals surface area (Å²) < 4.78 is 16.4. The maximum Gasteiger partial charge on any atom is 0.253 e. The van der Waals surface area contributed by atoms with Gasteiger partial charge in [-0.3, -0.25) is 4.79 Å². The van der Waals surface area contributed by atoms with E-state index in [0.717, 1.165) is 19.3 Å². The molecule has 1 saturated carbocycles. The van der Waals surface area contributed by atoms with Crippen molar-refractivity contribution in [2.24, 2.45) is 5.73 Å². The molecule has 2 aliphatic rings. The Balaban J connectivity index is 1.26. The van der Waals surface area contributed by atoms with Crippen LogP contribution in [0.1, 0.15) is 43.3 Å². The maximum atomic E-state index is 12.2. The van der Waals surface area contributed by atoms with Crippen LogP contribution < -0.4 is 15.8 Å². The molecule has 2 fully saturated rings. The first-order chi connectivity index (χ1) is 12.7. The van der Waals surface area contributed by atoms with Gasteiger partial charge in [-0.25, -0.2) is 0 Å². The van der Waals surface area contributed by atoms with E-state index in [1.165, 1.54) is 0 Å². The molecule has 3 N–H and O–H groups in total. The maximum absolute atomic E-state index is 12.2. The van der Waals surface area contributed by atoms with Gasteiger partial charge in [-0.1, -0.05) is 5.16 Å². The van der Waals surface area contributed by atoms with Crippen molar-refractivity contribution in [2.45, 2.75) is 50.4 Å². The van der Waals surface area contributed by atoms with E-state index in [4.69, 9.17) is 19.7 Å². The molecule has 0 radical (unpaired) electrons. The molecule has 1 saturated heterocycles. The molecule has 0 unspecified atom stereocenters. The lowest BCUT2D eigenvalue weighted by Gasteiger charge is -2.13. The first kappa shape index (κ1) is 17.0. The van der Waals surface area contributed by atoms with Gasteiger partial charge < -0.3 is 25.0 Å². The summed E-state index contributed by atoms with van der Waals surface area (Å²) in [7, 11) is 0. The standard InChI is InChI=1S/C18H22N4O4/c19-9-14-7-8-15(25-14)17(23)20-12-3-5-13(6-4-12)24-10-16-21-18(26-22-16)11-1-2-11/h3-6,11,14-15H,1-2,7-10,19H2,(H,20,23)/t14-,15+/m1/s1. The van der Waals surface area contributed by atoms with Crippen molar-refractivity contribution in [3.05, 3.63) is 36.0 Å². The van der Waals surface area contributed by atoms with Crippen molar-refractivity contribution in [1.82, 2.24) is 10.1 Å². The van der Waals surface area contributed by atoms with Gasteiger partial charge in [0, 0.05) is 18.2 Å². The zero-order valence-electron chi connectivity index (χ0n) is 14.4. The predicted octanol–water partition coefficient (Wildman–Crippen LogP) is 1.97. The molecule has 4 rings (SSSR count). The van der Waals surface area contributed by atoms with Gasteiger partial charge in [-0.05, 0) is 49.9 Å². The third-order valence-corrected chi connectivity index (χ3v) is 4.56. The minimum absolute atomic E-state index is 0.0212. The first-order valence-corrected chi connectivity index (χ1v) is 8.93. The molecule has 1 aliphatic carbocycles. The Morgan fingerprint density at radius 1 is 1.23 bits per heavy atom. The van der Waals surface area contributed by atoms with E-state index in [9.17, 15) is 4.79 Å². The van der Waals surface area contributed by atoms with Gasteiger partial charge in [-0.2, -0.15) is 4.98 Å². The summed E-state index contributed by atoms with van der Waals surface area (Å²) in [5.74, 6) is 2.20. The Hall–Kier alpha value is -2.45. The van der Waals surface area contributed by atoms with Crippen molar-refractivity contribution in [3.8, 4) is 5.75 Å². The number of benzene rings is 1. The van der Waals surface area contributed by atoms with Crippen LogP contribution in [0.25, 0.3) is 0 Å². The van der Waals surface area contributed by atoms with Crippen molar-refractivity contribution in [1.29, 1.82) is 0 Å². The topological polar surface area (TPSA) is 113 Å². The van der Waals surface area contributed by atoms with Crippen molar-refractivity contribution in [2.75, 3.05) is 11.9 Å². The molecule has 2 atom stereocenters. The monoisotopic (exact) mass is 358 g/mol. The number of rotatable bonds is 7. The number of hydrogen-bond acceptors (Lipinski definition) is 7. The van der Waals surface area contributed by atoms with Gasteiger partial charge in [0.25, 0.3) is 5.91 Å². The van der Waals surface area contributed by atoms with Crippen molar-refractivity contribution in [3.63, 3.8) is 0 Å². The van der Waals surface area contributed by atoms with Crippen LogP contribution in [0.15, 0.2) is 28.8 Å². The van der Waals surface area contributed by atoms with Gasteiger partial charge in [0.2, 0.25) is 11.7 Å². The second-order valence-corrected chi connectivity index (χ2v) is 6.69. The fourth-order valence-electron chi connectivity index (χ4n) is 2.90. The van der Waals surface area contributed by atoms with Crippen LogP contribution >= 0.6 is 0 Å². The highest BCUT2D eigenvalue weighted by Gasteiger charge is 2.30. The first-order valence-electron chi connectivity index (χ1n) is 8.93. The SMILES string of the molecule is NC[C@H]1CC[C@@H](C(=O)Nc2ccc(OCc3noc(C4CC4)n3)cc2)O1. The lowest BCUT2D eigenvalue weighted by atomic mass is 10.2. The summed E-state index contributed by atoms with van der Waals surface area (Å²) in [6.07, 6.45) is 3.30. The van der Waals surface area contributed by atoms with Gasteiger partial charge in [0.05, 0.1) is 6.10 Å². The van der Waals surface area contributed by atoms with Crippen molar-refractivity contribution >= 4 is 11.6 Å². The summed E-state index contributed by atoms with van der Waals surface area (Å²) in [4.78, 5) is 16.5. The van der Waals surface area contributed by atoms with Crippen LogP contribution in [0.3, 0.4) is 0 Å². The smallest absolute Gasteiger partial charge is 0.253 e. The molecular weight excluding hydrogens is 336 g/mol. The highest BCUT2D eigenvalue weighted by Crippen LogP contribution is 2.38. The average molecular weight is 358 g/mol. The Bertz CT molecular complexity index is 757. The largest absolute Gasteiger partial charge is 0.485 e. The molecule has 1 aliphatic heterocycles. The quantitative estimate of drug-likeness (QED) is 0.778. The van der Waals surface area contributed by atoms with Gasteiger partial charge >= 0.3 is 0 Å². The highest BCUT2D eigenvalue weighted by atomic mass is 16.5. The van der Waals surface area contributed by atoms with E-state index in [0.29, 0.717) is 42.0 Å². The van der Waals surface area contributed by atoms with E-state index >= 15 is 0 Å². The lowest BCUT2D eigenvalue weighted by Crippen LogP contribution is -2.29. The minimum atomic E-state index is -0.432. The Morgan fingerprint density at radius 2 is 2.04 bits per heavy atom. The number of anilines is 1. The molecule has 8 heteroatoms. The molecule has 138 valence electrons. The Kier molecular flexibility index (Phi) is 4.85. The number of nitrogens with zero attached hydrogens (tertiary/aromatic N) is 2. The van der Waals surface area contributed by atoms with Crippen LogP contribution in [0, 0.1) is 0 Å². The molecule has 2 heterocycles. The third-order valence-electron chi connectivity index (χ3n) is 4.56. The predicted molar refractivity (Wildman–Crippen MR) is 92.6 cm³/mol. The van der Waals surface area contributed by atoms with E-state index < -0.39 is 6.10 Å². The molecule has 1 amide bonds. The lowest BCUT2D eigenvalue weighted by molar-refractivity contribution is -0.126. The normalized spacial score (nSPS) is 22.3. The van der Waals surface area contributed by atoms with Crippen LogP contribution in [-0.4, -0.2) is 34.8 Å². The fraction of sp³-hybridized carbons (Fsp3) is 0.500. The number of carbonyl (C=O) groups excluding carboxylic acids is 1. The van der Waals surface area contributed by atoms with Crippen LogP contribution in [0.4, 0.5) is 5.69 Å². The molecule has 8 nitrogen and oxygen atoms in total. The molecule has 26 heavy (non-hydrogen) atoms. The highest BCUT2D eigenvalue weighted by molar-refractivity contribution is 5.94. The van der Waals surface area contributed by atoms with E-state index in [1.54, 1.807) is 24.3 Å². The summed E-state index contributed by atoms with van der Waals surface area (Å²) >= 11 is 0. The van der Waals surface area contributed by atoms with Gasteiger partial charge in [0.1, 0.15) is 11.9 Å². The molecular formula is C18H22N4O4. The third kappa shape index (κ3) is 4.03. The van der Waals surface area contributed by atoms with Crippen LogP contribution in [0.2, 0.25) is 0 Å². The zero-order chi connectivity index (χ0) is 17.9. The number of ether oxygens (including phenoxy) is 2. The second-order valence-electron chi connectivity index (χ2n) is 6.69. The number of nitrogens with two attached hydrogens (primary N) is 1. The molecule has 1 aromatic carbocycles. The van der Waals surface area contributed by atoms with Crippen LogP contribution in [0.5, 0.6) is 5.75 Å². The molecule has 0 spiro atoms. The number of nitrogens with one attached hydrogen (secondary N) is 1. The second kappa shape index (κ2) is 7.43. The summed E-state index contributed by atoms with van der Waals surface area (Å²) in [6, 6.07) is 7.15. The minimum Gasteiger partial charge on any atom is -0.485 e. The van der Waals surface area contributed by atoms with Crippen molar-refractivity contribution < 1.29 is 18.8 Å².